The monoisotopic (exact) mass is 390 g/mol. The van der Waals surface area contributed by atoms with Crippen LogP contribution in [0.15, 0.2) is 43.2 Å². The van der Waals surface area contributed by atoms with Gasteiger partial charge in [-0.25, -0.2) is 13.2 Å². The van der Waals surface area contributed by atoms with Gasteiger partial charge in [0.15, 0.2) is 11.6 Å². The molecule has 2 nitrogen and oxygen atoms in total. The standard InChI is InChI=1S/C20H23F5O2/c1-2-3-4-14-5-7-15(8-6-14)20(24,25)27-16-9-10-18(17(21)13-16)26-12-11-19(22)23/h2,9-15,19H,1,3-8H2. The molecule has 1 aliphatic carbocycles. The van der Waals surface area contributed by atoms with Crippen LogP contribution in [0, 0.1) is 17.7 Å². The Bertz CT molecular complexity index is 637. The summed E-state index contributed by atoms with van der Waals surface area (Å²) in [7, 11) is 0. The maximum atomic E-state index is 14.4. The van der Waals surface area contributed by atoms with Gasteiger partial charge in [0.25, 0.3) is 6.43 Å². The van der Waals surface area contributed by atoms with E-state index in [-0.39, 0.29) is 11.5 Å². The molecule has 0 radical (unpaired) electrons. The van der Waals surface area contributed by atoms with E-state index >= 15 is 0 Å². The fraction of sp³-hybridized carbons (Fsp3) is 0.500. The van der Waals surface area contributed by atoms with Gasteiger partial charge in [-0.15, -0.1) is 6.58 Å². The molecule has 0 aromatic heterocycles. The predicted molar refractivity (Wildman–Crippen MR) is 92.6 cm³/mol. The van der Waals surface area contributed by atoms with Crippen LogP contribution in [-0.4, -0.2) is 12.5 Å². The Labute approximate surface area is 155 Å². The van der Waals surface area contributed by atoms with E-state index in [0.717, 1.165) is 31.0 Å². The molecule has 27 heavy (non-hydrogen) atoms. The molecule has 0 atom stereocenters. The molecular formula is C20H23F5O2. The molecule has 1 saturated carbocycles. The van der Waals surface area contributed by atoms with Gasteiger partial charge in [-0.1, -0.05) is 6.08 Å². The van der Waals surface area contributed by atoms with Crippen molar-refractivity contribution in [3.63, 3.8) is 0 Å². The Kier molecular flexibility index (Phi) is 7.68. The van der Waals surface area contributed by atoms with Crippen molar-refractivity contribution < 1.29 is 31.4 Å². The molecule has 0 aliphatic heterocycles. The molecule has 7 heteroatoms. The lowest BCUT2D eigenvalue weighted by molar-refractivity contribution is -0.223. The molecule has 0 N–H and O–H groups in total. The third kappa shape index (κ3) is 6.56. The van der Waals surface area contributed by atoms with Crippen LogP contribution in [0.2, 0.25) is 0 Å². The first kappa shape index (κ1) is 21.3. The SMILES string of the molecule is C=CCCC1CCC(C(F)(F)Oc2ccc(OC=CC(F)F)c(F)c2)CC1. The van der Waals surface area contributed by atoms with Gasteiger partial charge in [-0.2, -0.15) is 8.78 Å². The zero-order chi connectivity index (χ0) is 19.9. The number of hydrogen-bond donors (Lipinski definition) is 0. The molecule has 1 aromatic rings. The zero-order valence-corrected chi connectivity index (χ0v) is 14.9. The second kappa shape index (κ2) is 9.76. The normalized spacial score (nSPS) is 20.8. The number of alkyl halides is 4. The van der Waals surface area contributed by atoms with Gasteiger partial charge >= 0.3 is 6.11 Å². The summed E-state index contributed by atoms with van der Waals surface area (Å²) in [5, 5.41) is 0. The number of allylic oxidation sites excluding steroid dienone is 2. The van der Waals surface area contributed by atoms with Crippen LogP contribution in [0.5, 0.6) is 11.5 Å². The summed E-state index contributed by atoms with van der Waals surface area (Å²) in [5.41, 5.74) is 0. The molecule has 0 unspecified atom stereocenters. The summed E-state index contributed by atoms with van der Waals surface area (Å²) in [6.07, 6.45) is 0.687. The van der Waals surface area contributed by atoms with Crippen molar-refractivity contribution in [2.75, 3.05) is 0 Å². The average Bonchev–Trinajstić information content (AvgIpc) is 2.61. The summed E-state index contributed by atoms with van der Waals surface area (Å²) >= 11 is 0. The largest absolute Gasteiger partial charge is 0.462 e. The van der Waals surface area contributed by atoms with Gasteiger partial charge in [0.05, 0.1) is 12.2 Å². The van der Waals surface area contributed by atoms with Gasteiger partial charge in [0.1, 0.15) is 5.75 Å². The second-order valence-electron chi connectivity index (χ2n) is 6.62. The van der Waals surface area contributed by atoms with Gasteiger partial charge in [-0.3, -0.25) is 0 Å². The van der Waals surface area contributed by atoms with E-state index in [1.165, 1.54) is 0 Å². The van der Waals surface area contributed by atoms with E-state index in [1.54, 1.807) is 0 Å². The van der Waals surface area contributed by atoms with Crippen molar-refractivity contribution in [1.82, 2.24) is 0 Å². The molecule has 0 spiro atoms. The Morgan fingerprint density at radius 3 is 2.48 bits per heavy atom. The topological polar surface area (TPSA) is 18.5 Å². The first-order valence-corrected chi connectivity index (χ1v) is 8.90. The van der Waals surface area contributed by atoms with E-state index in [4.69, 9.17) is 9.47 Å². The Morgan fingerprint density at radius 2 is 1.89 bits per heavy atom. The molecular weight excluding hydrogens is 367 g/mol. The summed E-state index contributed by atoms with van der Waals surface area (Å²) in [6, 6.07) is 2.94. The van der Waals surface area contributed by atoms with Crippen LogP contribution >= 0.6 is 0 Å². The van der Waals surface area contributed by atoms with Crippen LogP contribution in [0.1, 0.15) is 38.5 Å². The van der Waals surface area contributed by atoms with Crippen LogP contribution in [-0.2, 0) is 0 Å². The molecule has 2 rings (SSSR count). The van der Waals surface area contributed by atoms with E-state index in [9.17, 15) is 22.0 Å². The Morgan fingerprint density at radius 1 is 1.19 bits per heavy atom. The zero-order valence-electron chi connectivity index (χ0n) is 14.9. The van der Waals surface area contributed by atoms with Crippen LogP contribution in [0.3, 0.4) is 0 Å². The highest BCUT2D eigenvalue weighted by Crippen LogP contribution is 2.41. The molecule has 0 bridgehead atoms. The molecule has 150 valence electrons. The lowest BCUT2D eigenvalue weighted by Crippen LogP contribution is -2.37. The molecule has 1 fully saturated rings. The molecule has 0 saturated heterocycles. The quantitative estimate of drug-likeness (QED) is 0.264. The van der Waals surface area contributed by atoms with Crippen LogP contribution in [0.25, 0.3) is 0 Å². The summed E-state index contributed by atoms with van der Waals surface area (Å²) in [5.74, 6) is -2.17. The number of halogens is 5. The minimum Gasteiger partial charge on any atom is -0.462 e. The van der Waals surface area contributed by atoms with Crippen LogP contribution < -0.4 is 9.47 Å². The lowest BCUT2D eigenvalue weighted by atomic mass is 9.79. The number of hydrogen-bond acceptors (Lipinski definition) is 2. The fourth-order valence-corrected chi connectivity index (χ4v) is 3.19. The first-order chi connectivity index (χ1) is 12.8. The van der Waals surface area contributed by atoms with E-state index in [1.807, 2.05) is 6.08 Å². The van der Waals surface area contributed by atoms with E-state index < -0.39 is 24.3 Å². The van der Waals surface area contributed by atoms with Crippen molar-refractivity contribution in [2.45, 2.75) is 51.1 Å². The lowest BCUT2D eigenvalue weighted by Gasteiger charge is -2.33. The smallest absolute Gasteiger partial charge is 0.400 e. The predicted octanol–water partition coefficient (Wildman–Crippen LogP) is 6.73. The maximum absolute atomic E-state index is 14.4. The minimum atomic E-state index is -3.41. The van der Waals surface area contributed by atoms with Gasteiger partial charge in [0, 0.05) is 12.1 Å². The first-order valence-electron chi connectivity index (χ1n) is 8.90. The molecule has 0 amide bonds. The summed E-state index contributed by atoms with van der Waals surface area (Å²) in [4.78, 5) is 0. The Balaban J connectivity index is 1.93. The van der Waals surface area contributed by atoms with Gasteiger partial charge < -0.3 is 9.47 Å². The fourth-order valence-electron chi connectivity index (χ4n) is 3.19. The highest BCUT2D eigenvalue weighted by atomic mass is 19.3. The number of benzene rings is 1. The second-order valence-corrected chi connectivity index (χ2v) is 6.62. The van der Waals surface area contributed by atoms with Gasteiger partial charge in [0.2, 0.25) is 0 Å². The van der Waals surface area contributed by atoms with Gasteiger partial charge in [-0.05, 0) is 56.6 Å². The van der Waals surface area contributed by atoms with Crippen molar-refractivity contribution in [3.05, 3.63) is 49.0 Å². The third-order valence-corrected chi connectivity index (χ3v) is 4.68. The van der Waals surface area contributed by atoms with E-state index in [0.29, 0.717) is 43.9 Å². The number of rotatable bonds is 9. The van der Waals surface area contributed by atoms with Crippen molar-refractivity contribution in [1.29, 1.82) is 0 Å². The van der Waals surface area contributed by atoms with Crippen molar-refractivity contribution >= 4 is 0 Å². The maximum Gasteiger partial charge on any atom is 0.400 e. The van der Waals surface area contributed by atoms with Crippen molar-refractivity contribution in [2.24, 2.45) is 11.8 Å². The average molecular weight is 390 g/mol. The molecule has 0 heterocycles. The third-order valence-electron chi connectivity index (χ3n) is 4.68. The van der Waals surface area contributed by atoms with E-state index in [2.05, 4.69) is 6.58 Å². The summed E-state index contributed by atoms with van der Waals surface area (Å²) < 4.78 is 76.1. The van der Waals surface area contributed by atoms with Crippen LogP contribution in [0.4, 0.5) is 22.0 Å². The minimum absolute atomic E-state index is 0.337. The summed E-state index contributed by atoms with van der Waals surface area (Å²) in [6.45, 7) is 3.67. The molecule has 1 aliphatic rings. The highest BCUT2D eigenvalue weighted by Gasteiger charge is 2.43. The van der Waals surface area contributed by atoms with Crippen molar-refractivity contribution in [3.8, 4) is 11.5 Å². The Hall–Kier alpha value is -2.05. The number of ether oxygens (including phenoxy) is 2. The highest BCUT2D eigenvalue weighted by molar-refractivity contribution is 5.33. The molecule has 1 aromatic carbocycles.